The van der Waals surface area contributed by atoms with E-state index >= 15 is 0 Å². The number of rotatable bonds is 5. The first-order chi connectivity index (χ1) is 8.60. The van der Waals surface area contributed by atoms with Crippen molar-refractivity contribution >= 4 is 27.2 Å². The molecule has 0 unspecified atom stereocenters. The molecule has 3 N–H and O–H groups in total. The standard InChI is InChI=1S/C10H11F3N2O2S2/c11-10(12,13)6-15-19(16,17)8-3-1-7(2-4-8)5-9(14)18/h1-4,15H,5-6H2,(H2,14,18). The highest BCUT2D eigenvalue weighted by molar-refractivity contribution is 7.89. The maximum absolute atomic E-state index is 12.0. The first-order valence-corrected chi connectivity index (χ1v) is 6.93. The Bertz CT molecular complexity index is 553. The monoisotopic (exact) mass is 312 g/mol. The molecule has 1 rings (SSSR count). The highest BCUT2D eigenvalue weighted by Crippen LogP contribution is 2.15. The molecule has 0 amide bonds. The van der Waals surface area contributed by atoms with Crippen LogP contribution in [0.15, 0.2) is 29.2 Å². The van der Waals surface area contributed by atoms with Gasteiger partial charge < -0.3 is 5.73 Å². The Hall–Kier alpha value is -1.19. The fourth-order valence-corrected chi connectivity index (χ4v) is 2.43. The fraction of sp³-hybridized carbons (Fsp3) is 0.300. The summed E-state index contributed by atoms with van der Waals surface area (Å²) in [5, 5.41) is 0. The number of nitrogens with two attached hydrogens (primary N) is 1. The van der Waals surface area contributed by atoms with Crippen molar-refractivity contribution in [2.24, 2.45) is 5.73 Å². The summed E-state index contributed by atoms with van der Waals surface area (Å²) in [4.78, 5) is -0.00533. The van der Waals surface area contributed by atoms with Gasteiger partial charge in [-0.05, 0) is 17.7 Å². The van der Waals surface area contributed by atoms with Crippen molar-refractivity contribution in [1.82, 2.24) is 4.72 Å². The van der Waals surface area contributed by atoms with Crippen LogP contribution >= 0.6 is 12.2 Å². The minimum Gasteiger partial charge on any atom is -0.393 e. The highest BCUT2D eigenvalue weighted by atomic mass is 32.2. The Kier molecular flexibility index (Phi) is 4.88. The zero-order chi connectivity index (χ0) is 14.7. The van der Waals surface area contributed by atoms with E-state index in [4.69, 9.17) is 5.73 Å². The van der Waals surface area contributed by atoms with Crippen molar-refractivity contribution in [3.8, 4) is 0 Å². The van der Waals surface area contributed by atoms with Gasteiger partial charge >= 0.3 is 6.18 Å². The molecular weight excluding hydrogens is 301 g/mol. The molecule has 0 atom stereocenters. The molecule has 0 bridgehead atoms. The lowest BCUT2D eigenvalue weighted by Gasteiger charge is -2.09. The van der Waals surface area contributed by atoms with Gasteiger partial charge in [-0.15, -0.1) is 0 Å². The lowest BCUT2D eigenvalue weighted by molar-refractivity contribution is -0.121. The van der Waals surface area contributed by atoms with Crippen molar-refractivity contribution in [1.29, 1.82) is 0 Å². The molecule has 9 heteroatoms. The van der Waals surface area contributed by atoms with Gasteiger partial charge in [0.15, 0.2) is 0 Å². The molecule has 0 spiro atoms. The van der Waals surface area contributed by atoms with Crippen LogP contribution in [-0.2, 0) is 16.4 Å². The van der Waals surface area contributed by atoms with Gasteiger partial charge in [0, 0.05) is 6.42 Å². The van der Waals surface area contributed by atoms with Crippen molar-refractivity contribution < 1.29 is 21.6 Å². The van der Waals surface area contributed by atoms with E-state index in [0.29, 0.717) is 12.0 Å². The van der Waals surface area contributed by atoms with Gasteiger partial charge in [0.1, 0.15) is 6.54 Å². The molecule has 0 aliphatic rings. The van der Waals surface area contributed by atoms with E-state index in [1.807, 2.05) is 0 Å². The average Bonchev–Trinajstić information content (AvgIpc) is 2.26. The average molecular weight is 312 g/mol. The number of alkyl halides is 3. The predicted molar refractivity (Wildman–Crippen MR) is 68.2 cm³/mol. The van der Waals surface area contributed by atoms with Crippen molar-refractivity contribution in [2.75, 3.05) is 6.54 Å². The molecule has 0 saturated carbocycles. The second-order valence-corrected chi connectivity index (χ2v) is 6.02. The summed E-state index contributed by atoms with van der Waals surface area (Å²) >= 11 is 4.69. The molecule has 0 aromatic heterocycles. The Labute approximate surface area is 113 Å². The van der Waals surface area contributed by atoms with Crippen LogP contribution in [0, 0.1) is 0 Å². The SMILES string of the molecule is NC(=S)Cc1ccc(S(=O)(=O)NCC(F)(F)F)cc1. The zero-order valence-electron chi connectivity index (χ0n) is 9.57. The normalized spacial score (nSPS) is 12.4. The molecule has 1 aromatic carbocycles. The molecule has 0 saturated heterocycles. The summed E-state index contributed by atoms with van der Waals surface area (Å²) in [7, 11) is -4.17. The topological polar surface area (TPSA) is 72.2 Å². The van der Waals surface area contributed by atoms with Crippen LogP contribution in [0.25, 0.3) is 0 Å². The maximum atomic E-state index is 12.0. The molecule has 0 heterocycles. The summed E-state index contributed by atoms with van der Waals surface area (Å²) < 4.78 is 60.4. The summed E-state index contributed by atoms with van der Waals surface area (Å²) in [6, 6.07) is 5.29. The molecule has 19 heavy (non-hydrogen) atoms. The number of benzene rings is 1. The van der Waals surface area contributed by atoms with Gasteiger partial charge in [0.25, 0.3) is 0 Å². The van der Waals surface area contributed by atoms with Gasteiger partial charge in [-0.25, -0.2) is 13.1 Å². The highest BCUT2D eigenvalue weighted by Gasteiger charge is 2.29. The minimum absolute atomic E-state index is 0.241. The molecule has 4 nitrogen and oxygen atoms in total. The number of sulfonamides is 1. The number of halogens is 3. The first-order valence-electron chi connectivity index (χ1n) is 5.04. The Balaban J connectivity index is 2.82. The summed E-state index contributed by atoms with van der Waals surface area (Å²) in [5.41, 5.74) is 6.00. The quantitative estimate of drug-likeness (QED) is 0.805. The van der Waals surface area contributed by atoms with Crippen molar-refractivity contribution in [3.05, 3.63) is 29.8 Å². The van der Waals surface area contributed by atoms with Crippen LogP contribution in [0.2, 0.25) is 0 Å². The van der Waals surface area contributed by atoms with Crippen LogP contribution in [0.4, 0.5) is 13.2 Å². The lowest BCUT2D eigenvalue weighted by Crippen LogP contribution is -2.33. The van der Waals surface area contributed by atoms with Gasteiger partial charge in [-0.2, -0.15) is 13.2 Å². The molecular formula is C10H11F3N2O2S2. The smallest absolute Gasteiger partial charge is 0.393 e. The van der Waals surface area contributed by atoms with Gasteiger partial charge in [-0.1, -0.05) is 24.4 Å². The summed E-state index contributed by atoms with van der Waals surface area (Å²) in [5.74, 6) is 0. The van der Waals surface area contributed by atoms with E-state index in [-0.39, 0.29) is 9.88 Å². The molecule has 106 valence electrons. The molecule has 0 aliphatic carbocycles. The summed E-state index contributed by atoms with van der Waals surface area (Å²) in [6.45, 7) is -1.61. The first kappa shape index (κ1) is 15.9. The van der Waals surface area contributed by atoms with Gasteiger partial charge in [0.2, 0.25) is 10.0 Å². The fourth-order valence-electron chi connectivity index (χ4n) is 1.25. The molecule has 1 aromatic rings. The Morgan fingerprint density at radius 2 is 1.79 bits per heavy atom. The molecule has 0 aliphatic heterocycles. The van der Waals surface area contributed by atoms with E-state index < -0.39 is 22.7 Å². The number of nitrogens with one attached hydrogen (secondary N) is 1. The zero-order valence-corrected chi connectivity index (χ0v) is 11.2. The maximum Gasteiger partial charge on any atom is 0.402 e. The Morgan fingerprint density at radius 1 is 1.26 bits per heavy atom. The van der Waals surface area contributed by atoms with Crippen LogP contribution in [0.5, 0.6) is 0 Å². The lowest BCUT2D eigenvalue weighted by atomic mass is 10.1. The van der Waals surface area contributed by atoms with Crippen LogP contribution in [-0.4, -0.2) is 26.1 Å². The van der Waals surface area contributed by atoms with Gasteiger partial charge in [0.05, 0.1) is 9.88 Å². The van der Waals surface area contributed by atoms with Gasteiger partial charge in [-0.3, -0.25) is 0 Å². The predicted octanol–water partition coefficient (Wildman–Crippen LogP) is 1.36. The van der Waals surface area contributed by atoms with E-state index in [9.17, 15) is 21.6 Å². The second kappa shape index (κ2) is 5.85. The number of hydrogen-bond donors (Lipinski definition) is 2. The van der Waals surface area contributed by atoms with E-state index in [1.54, 1.807) is 0 Å². The number of hydrogen-bond acceptors (Lipinski definition) is 3. The number of thiocarbonyl (C=S) groups is 1. The minimum atomic E-state index is -4.60. The van der Waals surface area contributed by atoms with Crippen LogP contribution in [0.3, 0.4) is 0 Å². The summed E-state index contributed by atoms with van der Waals surface area (Å²) in [6.07, 6.45) is -4.30. The third-order valence-corrected chi connectivity index (χ3v) is 3.64. The molecule has 0 radical (unpaired) electrons. The largest absolute Gasteiger partial charge is 0.402 e. The van der Waals surface area contributed by atoms with E-state index in [2.05, 4.69) is 12.2 Å². The molecule has 0 fully saturated rings. The third-order valence-electron chi connectivity index (χ3n) is 2.07. The third kappa shape index (κ3) is 5.53. The Morgan fingerprint density at radius 3 is 2.21 bits per heavy atom. The van der Waals surface area contributed by atoms with Crippen LogP contribution in [0.1, 0.15) is 5.56 Å². The van der Waals surface area contributed by atoms with Crippen molar-refractivity contribution in [3.63, 3.8) is 0 Å². The van der Waals surface area contributed by atoms with Crippen LogP contribution < -0.4 is 10.5 Å². The second-order valence-electron chi connectivity index (χ2n) is 3.73. The van der Waals surface area contributed by atoms with E-state index in [1.165, 1.54) is 29.0 Å². The van der Waals surface area contributed by atoms with E-state index in [0.717, 1.165) is 0 Å². The van der Waals surface area contributed by atoms with Crippen molar-refractivity contribution in [2.45, 2.75) is 17.5 Å².